The predicted molar refractivity (Wildman–Crippen MR) is 114 cm³/mol. The van der Waals surface area contributed by atoms with Crippen molar-refractivity contribution in [3.63, 3.8) is 0 Å². The Kier molecular flexibility index (Phi) is 6.36. The maximum atomic E-state index is 13.2. The first-order valence-electron chi connectivity index (χ1n) is 9.57. The molecule has 1 N–H and O–H groups in total. The first-order chi connectivity index (χ1) is 13.6. The number of aryl methyl sites for hydroxylation is 1. The van der Waals surface area contributed by atoms with Gasteiger partial charge in [-0.05, 0) is 50.6 Å². The molecule has 6 nitrogen and oxygen atoms in total. The maximum absolute atomic E-state index is 13.2. The van der Waals surface area contributed by atoms with E-state index in [4.69, 9.17) is 4.74 Å². The van der Waals surface area contributed by atoms with Crippen molar-refractivity contribution in [3.05, 3.63) is 59.7 Å². The molecule has 3 rings (SSSR count). The van der Waals surface area contributed by atoms with Crippen LogP contribution in [0.2, 0.25) is 0 Å². The molecule has 0 radical (unpaired) electrons. The summed E-state index contributed by atoms with van der Waals surface area (Å²) in [6.07, 6.45) is -0.0207. The molecule has 0 amide bonds. The number of rotatable bonds is 7. The highest BCUT2D eigenvalue weighted by Gasteiger charge is 2.45. The summed E-state index contributed by atoms with van der Waals surface area (Å²) in [7, 11) is -7.25. The van der Waals surface area contributed by atoms with E-state index >= 15 is 0 Å². The molecule has 0 unspecified atom stereocenters. The zero-order valence-corrected chi connectivity index (χ0v) is 18.5. The molecule has 158 valence electrons. The molecule has 1 fully saturated rings. The largest absolute Gasteiger partial charge is 0.491 e. The summed E-state index contributed by atoms with van der Waals surface area (Å²) in [6, 6.07) is 13.3. The van der Waals surface area contributed by atoms with E-state index in [2.05, 4.69) is 5.32 Å². The molecule has 1 aliphatic heterocycles. The van der Waals surface area contributed by atoms with E-state index in [0.717, 1.165) is 11.1 Å². The summed E-state index contributed by atoms with van der Waals surface area (Å²) in [4.78, 5) is 0.109. The third-order valence-corrected chi connectivity index (χ3v) is 9.04. The van der Waals surface area contributed by atoms with Crippen LogP contribution in [-0.4, -0.2) is 45.7 Å². The van der Waals surface area contributed by atoms with Crippen LogP contribution in [0.15, 0.2) is 53.4 Å². The molecule has 1 heterocycles. The van der Waals surface area contributed by atoms with Gasteiger partial charge in [0.05, 0.1) is 27.8 Å². The van der Waals surface area contributed by atoms with Crippen molar-refractivity contribution in [2.24, 2.45) is 0 Å². The summed E-state index contributed by atoms with van der Waals surface area (Å²) < 4.78 is 56.4. The quantitative estimate of drug-likeness (QED) is 0.716. The Morgan fingerprint density at radius 2 is 1.79 bits per heavy atom. The molecule has 2 aromatic carbocycles. The standard InChI is InChI=1S/C21H27NO5S2/c1-15(2)27-18-7-9-19(10-8-18)29(25,26)21-14-28(23,24)13-20(21)22-12-17-6-4-5-16(3)11-17/h4-11,15,20-22H,12-14H2,1-3H3/t20-,21-/m0/s1. The Morgan fingerprint density at radius 1 is 1.10 bits per heavy atom. The second-order valence-corrected chi connectivity index (χ2v) is 12.1. The number of sulfone groups is 2. The van der Waals surface area contributed by atoms with Crippen LogP contribution in [0.5, 0.6) is 5.75 Å². The van der Waals surface area contributed by atoms with Crippen molar-refractivity contribution >= 4 is 19.7 Å². The van der Waals surface area contributed by atoms with Crippen LogP contribution in [0, 0.1) is 6.92 Å². The highest BCUT2D eigenvalue weighted by molar-refractivity contribution is 7.96. The van der Waals surface area contributed by atoms with Crippen LogP contribution in [0.25, 0.3) is 0 Å². The first kappa shape index (κ1) is 21.8. The lowest BCUT2D eigenvalue weighted by Crippen LogP contribution is -2.43. The average molecular weight is 438 g/mol. The first-order valence-corrected chi connectivity index (χ1v) is 12.9. The number of ether oxygens (including phenoxy) is 1. The van der Waals surface area contributed by atoms with Gasteiger partial charge in [0.2, 0.25) is 0 Å². The lowest BCUT2D eigenvalue weighted by molar-refractivity contribution is 0.242. The molecule has 0 spiro atoms. The van der Waals surface area contributed by atoms with E-state index in [1.807, 2.05) is 45.0 Å². The van der Waals surface area contributed by atoms with E-state index in [1.54, 1.807) is 12.1 Å². The Morgan fingerprint density at radius 3 is 2.41 bits per heavy atom. The molecule has 0 saturated carbocycles. The van der Waals surface area contributed by atoms with Crippen molar-refractivity contribution in [2.75, 3.05) is 11.5 Å². The fraction of sp³-hybridized carbons (Fsp3) is 0.429. The SMILES string of the molecule is Cc1cccc(CN[C@H]2CS(=O)(=O)C[C@@H]2S(=O)(=O)c2ccc(OC(C)C)cc2)c1. The van der Waals surface area contributed by atoms with Gasteiger partial charge in [0, 0.05) is 12.6 Å². The summed E-state index contributed by atoms with van der Waals surface area (Å²) >= 11 is 0. The highest BCUT2D eigenvalue weighted by atomic mass is 32.2. The second kappa shape index (κ2) is 8.45. The van der Waals surface area contributed by atoms with E-state index in [1.165, 1.54) is 12.1 Å². The van der Waals surface area contributed by atoms with Crippen LogP contribution >= 0.6 is 0 Å². The molecule has 0 bridgehead atoms. The Hall–Kier alpha value is -1.90. The second-order valence-electron chi connectivity index (χ2n) is 7.77. The van der Waals surface area contributed by atoms with Crippen LogP contribution in [0.4, 0.5) is 0 Å². The van der Waals surface area contributed by atoms with Gasteiger partial charge in [0.15, 0.2) is 19.7 Å². The molecule has 8 heteroatoms. The van der Waals surface area contributed by atoms with Crippen molar-refractivity contribution in [1.82, 2.24) is 5.32 Å². The third kappa shape index (κ3) is 5.38. The molecular weight excluding hydrogens is 410 g/mol. The highest BCUT2D eigenvalue weighted by Crippen LogP contribution is 2.27. The maximum Gasteiger partial charge on any atom is 0.183 e. The van der Waals surface area contributed by atoms with Gasteiger partial charge >= 0.3 is 0 Å². The molecule has 0 aliphatic carbocycles. The van der Waals surface area contributed by atoms with Crippen molar-refractivity contribution in [1.29, 1.82) is 0 Å². The van der Waals surface area contributed by atoms with Crippen LogP contribution in [0.3, 0.4) is 0 Å². The Labute approximate surface area is 173 Å². The molecule has 2 atom stereocenters. The van der Waals surface area contributed by atoms with Gasteiger partial charge in [-0.25, -0.2) is 16.8 Å². The molecule has 0 aromatic heterocycles. The van der Waals surface area contributed by atoms with Gasteiger partial charge in [0.25, 0.3) is 0 Å². The molecule has 2 aromatic rings. The number of nitrogens with one attached hydrogen (secondary N) is 1. The lowest BCUT2D eigenvalue weighted by atomic mass is 10.1. The smallest absolute Gasteiger partial charge is 0.183 e. The van der Waals surface area contributed by atoms with E-state index < -0.39 is 31.0 Å². The van der Waals surface area contributed by atoms with Crippen molar-refractivity contribution in [3.8, 4) is 5.75 Å². The van der Waals surface area contributed by atoms with Gasteiger partial charge in [0.1, 0.15) is 5.75 Å². The summed E-state index contributed by atoms with van der Waals surface area (Å²) in [5, 5.41) is 2.14. The minimum Gasteiger partial charge on any atom is -0.491 e. The van der Waals surface area contributed by atoms with Gasteiger partial charge in [-0.1, -0.05) is 29.8 Å². The fourth-order valence-electron chi connectivity index (χ4n) is 3.54. The number of benzene rings is 2. The Bertz CT molecular complexity index is 1060. The fourth-order valence-corrected chi connectivity index (χ4v) is 8.25. The zero-order valence-electron chi connectivity index (χ0n) is 16.8. The monoisotopic (exact) mass is 437 g/mol. The minimum atomic E-state index is -3.81. The van der Waals surface area contributed by atoms with E-state index in [9.17, 15) is 16.8 Å². The van der Waals surface area contributed by atoms with Gasteiger partial charge < -0.3 is 10.1 Å². The van der Waals surface area contributed by atoms with E-state index in [0.29, 0.717) is 12.3 Å². The third-order valence-electron chi connectivity index (χ3n) is 4.87. The lowest BCUT2D eigenvalue weighted by Gasteiger charge is -2.20. The van der Waals surface area contributed by atoms with Crippen molar-refractivity contribution in [2.45, 2.75) is 49.6 Å². The normalized spacial score (nSPS) is 21.4. The van der Waals surface area contributed by atoms with Crippen LogP contribution < -0.4 is 10.1 Å². The predicted octanol–water partition coefficient (Wildman–Crippen LogP) is 2.51. The average Bonchev–Trinajstić information content (AvgIpc) is 2.95. The summed E-state index contributed by atoms with van der Waals surface area (Å²) in [6.45, 7) is 6.16. The number of hydrogen-bond donors (Lipinski definition) is 1. The molecule has 29 heavy (non-hydrogen) atoms. The molecule has 1 saturated heterocycles. The minimum absolute atomic E-state index is 0.0207. The number of hydrogen-bond acceptors (Lipinski definition) is 6. The zero-order chi connectivity index (χ0) is 21.2. The Balaban J connectivity index is 1.81. The molecule has 1 aliphatic rings. The van der Waals surface area contributed by atoms with Crippen LogP contribution in [0.1, 0.15) is 25.0 Å². The van der Waals surface area contributed by atoms with Gasteiger partial charge in [-0.3, -0.25) is 0 Å². The van der Waals surface area contributed by atoms with Crippen LogP contribution in [-0.2, 0) is 26.2 Å². The van der Waals surface area contributed by atoms with Gasteiger partial charge in [-0.15, -0.1) is 0 Å². The summed E-state index contributed by atoms with van der Waals surface area (Å²) in [5.41, 5.74) is 2.08. The summed E-state index contributed by atoms with van der Waals surface area (Å²) in [5.74, 6) is 0.0228. The van der Waals surface area contributed by atoms with Crippen molar-refractivity contribution < 1.29 is 21.6 Å². The van der Waals surface area contributed by atoms with E-state index in [-0.39, 0.29) is 22.5 Å². The topological polar surface area (TPSA) is 89.5 Å². The van der Waals surface area contributed by atoms with Gasteiger partial charge in [-0.2, -0.15) is 0 Å². The molecular formula is C21H27NO5S2.